The number of Topliss-reactive ketones (excluding diaryl/α,β-unsaturated/α-hetero) is 3. The predicted octanol–water partition coefficient (Wildman–Crippen LogP) is -13.8. The van der Waals surface area contributed by atoms with Crippen LogP contribution in [0.1, 0.15) is 117 Å². The first-order valence-electron chi connectivity index (χ1n) is 46.2. The third-order valence-electron chi connectivity index (χ3n) is 28.2. The number of likely N-dealkylation sites (N-methyl/N-ethyl adjacent to an activating group) is 3. The Morgan fingerprint density at radius 3 is 1.14 bits per heavy atom. The number of rotatable bonds is 39. The van der Waals surface area contributed by atoms with E-state index in [2.05, 4.69) is 42.2 Å². The van der Waals surface area contributed by atoms with Crippen molar-refractivity contribution in [3.05, 3.63) is 35.5 Å². The maximum atomic E-state index is 13.4. The van der Waals surface area contributed by atoms with E-state index in [1.165, 1.54) is 20.8 Å². The van der Waals surface area contributed by atoms with Gasteiger partial charge in [-0.1, -0.05) is 0 Å². The zero-order valence-corrected chi connectivity index (χ0v) is 76.3. The fourth-order valence-electron chi connectivity index (χ4n) is 20.0. The zero-order valence-electron chi connectivity index (χ0n) is 76.3. The molecule has 48 nitrogen and oxygen atoms in total. The number of guanidine groups is 1. The molecular formula is C84H154N20O28. The summed E-state index contributed by atoms with van der Waals surface area (Å²) in [5.41, 5.74) is 61.9. The lowest BCUT2D eigenvalue weighted by Crippen LogP contribution is -2.67. The highest BCUT2D eigenvalue weighted by Crippen LogP contribution is 2.46. The van der Waals surface area contributed by atoms with Crippen molar-refractivity contribution in [1.82, 2.24) is 37.2 Å². The van der Waals surface area contributed by atoms with Crippen molar-refractivity contribution in [2.24, 2.45) is 91.6 Å². The van der Waals surface area contributed by atoms with Crippen LogP contribution < -0.4 is 106 Å². The molecule has 6 saturated carbocycles. The van der Waals surface area contributed by atoms with Gasteiger partial charge in [0.15, 0.2) is 42.2 Å². The Hall–Kier alpha value is -4.66. The highest BCUT2D eigenvalue weighted by molar-refractivity contribution is 5.92. The number of carbonyl (C=O) groups is 3. The standard InChI is InChI=1S/C29H54N8O9.C28H52N6O10.C27H48N6O9/c1-28(41)13-43-26(21(40)24(28)35-2)45-22-14(9-19(38)29(42)10-15(11-29)37-27(33)34)8-17(32)23(20(22)39)46-25-18(36-7-3-6-30)5-4-16(12-31)44-25;1-27(39)12-41-26(21(38)24(27)33-2)43-22-13(8-19(36)28(40)9-18(28)32)7-16(31)23(20(22)37)44-25-17(4-3-15(10-30)42-25)34-11-14(35)5-6-29;1-26(37)11-39-25(20(36)23(26)31-2)41-21-12(6-18(34)27(38)7-17(27)30)5-15(29)22(19(21)35)42-24-16(33-13-9-32-10-13)4-3-14(8-28)40-24/h4,14-15,17-18,20-26,35-36,39-42H,3,5-13,30-32H2,1-2H3,(H4,33,34,37);3,13-14,16-18,20-26,33-35,37-40H,4-12,29-32H2,1-2H3;3,12-13,15-17,19-25,31-33,35-38H,4-11,28-30H2,1-2H3/t14-,15?,17-,18+,20+,21+,22-,23?,24+,25+,26+,28-,29?;13-,14?,16-,17+,18?,20+,21+,22-,23?,24+,25+,26+,27-,28?;12-,15-,16+,17?,19+,20+,21-,22?,23+,24+,25+,26-,27?/m000/s1. The van der Waals surface area contributed by atoms with Crippen LogP contribution in [-0.2, 0) is 71.2 Å². The van der Waals surface area contributed by atoms with Crippen molar-refractivity contribution in [3.8, 4) is 0 Å². The largest absolute Gasteiger partial charge is 0.467 e. The Bertz CT molecular complexity index is 3850. The average Bonchev–Trinajstić information content (AvgIpc) is 1.63. The van der Waals surface area contributed by atoms with Gasteiger partial charge in [-0.3, -0.25) is 19.4 Å². The number of nitrogens with one attached hydrogen (secondary N) is 7. The van der Waals surface area contributed by atoms with E-state index < -0.39 is 240 Å². The maximum Gasteiger partial charge on any atom is 0.215 e. The Morgan fingerprint density at radius 1 is 0.485 bits per heavy atom. The van der Waals surface area contributed by atoms with E-state index in [-0.39, 0.29) is 140 Å². The molecule has 0 radical (unpaired) electrons. The normalized spacial score (nSPS) is 45.1. The van der Waals surface area contributed by atoms with Crippen LogP contribution in [0.2, 0.25) is 0 Å². The van der Waals surface area contributed by atoms with E-state index in [1.54, 1.807) is 21.1 Å². The lowest BCUT2D eigenvalue weighted by atomic mass is 9.69. The van der Waals surface area contributed by atoms with Crippen LogP contribution in [0.3, 0.4) is 0 Å². The molecule has 0 bridgehead atoms. The van der Waals surface area contributed by atoms with E-state index >= 15 is 0 Å². The quantitative estimate of drug-likeness (QED) is 0.0154. The molecule has 6 aliphatic carbocycles. The summed E-state index contributed by atoms with van der Waals surface area (Å²) in [6.45, 7) is 7.85. The molecule has 44 N–H and O–H groups in total. The molecule has 0 aromatic carbocycles. The summed E-state index contributed by atoms with van der Waals surface area (Å²) in [7, 11) is 4.77. The van der Waals surface area contributed by atoms with Gasteiger partial charge in [-0.2, -0.15) is 0 Å². The molecule has 758 valence electrons. The SMILES string of the molecule is CN[C@@H]1[C@@H](O)[C@@H](O[C@H]2[C@H](CC(=O)C3(O)CC(N=C(N)N)C3)C[C@H](N)C(O[C@H]3OC(CN)=CC[C@H]3NCCCN)[C@@H]2O)OC[C@]1(C)O.CN[C@@H]1[C@@H](O)[C@@H](O[C@H]2[C@H](CC(=O)C3(O)CC3N)C[C@H](N)C(O[C@H]3OC(CN)=CC[C@H]3NC3CNC3)[C@@H]2O)OC[C@]1(C)O.CN[C@@H]1[C@@H](O)[C@@H](O[C@H]2[C@H](CC(=O)C3(O)CC3N)C[C@H](N)C(O[C@H]3OC(CN)=CC[C@H]3NCC(O)CCN)[C@@H]2O)OC[C@]1(C)O. The molecule has 13 aliphatic rings. The highest BCUT2D eigenvalue weighted by Gasteiger charge is 2.62. The molecule has 8 unspecified atom stereocenters. The van der Waals surface area contributed by atoms with E-state index in [0.29, 0.717) is 62.6 Å². The summed E-state index contributed by atoms with van der Waals surface area (Å²) in [5.74, 6) is -1.98. The van der Waals surface area contributed by atoms with E-state index in [4.69, 9.17) is 126 Å². The minimum absolute atomic E-state index is 0.0558. The number of nitrogens with zero attached hydrogens (tertiary/aromatic N) is 1. The van der Waals surface area contributed by atoms with Crippen LogP contribution in [0.25, 0.3) is 0 Å². The lowest BCUT2D eigenvalue weighted by molar-refractivity contribution is -0.308. The van der Waals surface area contributed by atoms with E-state index in [1.807, 2.05) is 18.2 Å². The second kappa shape index (κ2) is 46.2. The number of aliphatic imine (C=N–C) groups is 1. The minimum Gasteiger partial charge on any atom is -0.467 e. The molecule has 13 rings (SSSR count). The van der Waals surface area contributed by atoms with Crippen LogP contribution >= 0.6 is 0 Å². The molecule has 0 aromatic heterocycles. The Morgan fingerprint density at radius 2 is 0.826 bits per heavy atom. The van der Waals surface area contributed by atoms with Crippen LogP contribution in [0.4, 0.5) is 0 Å². The Kier molecular flexibility index (Phi) is 37.7. The van der Waals surface area contributed by atoms with Gasteiger partial charge < -0.3 is 229 Å². The molecule has 7 heterocycles. The lowest BCUT2D eigenvalue weighted by Gasteiger charge is -2.49. The number of ketones is 3. The van der Waals surface area contributed by atoms with Crippen LogP contribution in [0.5, 0.6) is 0 Å². The summed E-state index contributed by atoms with van der Waals surface area (Å²) < 4.78 is 72.9. The van der Waals surface area contributed by atoms with Gasteiger partial charge in [-0.05, 0) is 149 Å². The van der Waals surface area contributed by atoms with Crippen LogP contribution in [0, 0.1) is 17.8 Å². The summed E-state index contributed by atoms with van der Waals surface area (Å²) in [6.07, 6.45) is -12.8. The van der Waals surface area contributed by atoms with Gasteiger partial charge >= 0.3 is 0 Å². The predicted molar refractivity (Wildman–Crippen MR) is 471 cm³/mol. The van der Waals surface area contributed by atoms with Gasteiger partial charge in [-0.15, -0.1) is 0 Å². The zero-order chi connectivity index (χ0) is 96.6. The van der Waals surface area contributed by atoms with Gasteiger partial charge in [0.2, 0.25) is 18.9 Å². The van der Waals surface area contributed by atoms with Gasteiger partial charge in [-0.25, -0.2) is 0 Å². The summed E-state index contributed by atoms with van der Waals surface area (Å²) in [4.78, 5) is 43.5. The van der Waals surface area contributed by atoms with Crippen molar-refractivity contribution >= 4 is 23.3 Å². The Labute approximate surface area is 768 Å². The van der Waals surface area contributed by atoms with E-state index in [9.17, 15) is 80.8 Å². The summed E-state index contributed by atoms with van der Waals surface area (Å²) >= 11 is 0. The maximum absolute atomic E-state index is 13.4. The minimum atomic E-state index is -1.64. The van der Waals surface area contributed by atoms with Crippen molar-refractivity contribution in [3.63, 3.8) is 0 Å². The van der Waals surface area contributed by atoms with Gasteiger partial charge in [0, 0.05) is 101 Å². The molecular weight excluding hydrogens is 1740 g/mol. The summed E-state index contributed by atoms with van der Waals surface area (Å²) in [6, 6.07) is -7.08. The van der Waals surface area contributed by atoms with E-state index in [0.717, 1.165) is 19.5 Å². The number of carbonyl (C=O) groups excluding carboxylic acids is 3. The molecule has 48 heteroatoms. The Balaban J connectivity index is 0.000000191. The monoisotopic (exact) mass is 1890 g/mol. The number of aliphatic hydroxyl groups is 13. The molecule has 0 spiro atoms. The second-order valence-electron chi connectivity index (χ2n) is 38.8. The van der Waals surface area contributed by atoms with Crippen molar-refractivity contribution in [2.75, 3.05) is 99.9 Å². The van der Waals surface area contributed by atoms with Gasteiger partial charge in [0.1, 0.15) is 106 Å². The smallest absolute Gasteiger partial charge is 0.215 e. The van der Waals surface area contributed by atoms with Crippen LogP contribution in [0.15, 0.2) is 40.5 Å². The van der Waals surface area contributed by atoms with Crippen molar-refractivity contribution < 1.29 is 138 Å². The number of ether oxygens (including phenoxy) is 12. The fraction of sp³-hybridized carbons (Fsp3) is 0.881. The molecule has 132 heavy (non-hydrogen) atoms. The number of hydrogen-bond donors (Lipinski definition) is 32. The van der Waals surface area contributed by atoms with Crippen molar-refractivity contribution in [2.45, 2.75) is 346 Å². The van der Waals surface area contributed by atoms with Gasteiger partial charge in [0.05, 0.1) is 106 Å². The first kappa shape index (κ1) is 108. The topological polar surface area (TPSA) is 834 Å². The third-order valence-corrected chi connectivity index (χ3v) is 28.2. The molecule has 38 atom stereocenters. The number of hydrogen-bond acceptors (Lipinski definition) is 46. The first-order valence-corrected chi connectivity index (χ1v) is 46.2. The average molecular weight is 1890 g/mol. The number of aliphatic hydroxyl groups excluding tert-OH is 7. The molecule has 4 saturated heterocycles. The van der Waals surface area contributed by atoms with Gasteiger partial charge in [0.25, 0.3) is 0 Å². The highest BCUT2D eigenvalue weighted by atomic mass is 16.7. The molecule has 10 fully saturated rings. The van der Waals surface area contributed by atoms with Crippen LogP contribution in [-0.4, -0.2) is 419 Å². The molecule has 0 amide bonds. The first-order chi connectivity index (χ1) is 62.3. The molecule has 0 aromatic rings. The van der Waals surface area contributed by atoms with Crippen molar-refractivity contribution in [1.29, 1.82) is 0 Å². The summed E-state index contributed by atoms with van der Waals surface area (Å²) in [5, 5.41) is 165. The third kappa shape index (κ3) is 25.6. The fourth-order valence-corrected chi connectivity index (χ4v) is 20.0. The molecule has 7 aliphatic heterocycles. The second-order valence-corrected chi connectivity index (χ2v) is 38.8. The number of nitrogens with two attached hydrogens (primary N) is 12.